The van der Waals surface area contributed by atoms with Crippen molar-refractivity contribution in [2.75, 3.05) is 52.0 Å². The van der Waals surface area contributed by atoms with Gasteiger partial charge >= 0.3 is 5.97 Å². The summed E-state index contributed by atoms with van der Waals surface area (Å²) in [5, 5.41) is 8.18. The monoisotopic (exact) mass is 504 g/mol. The molecule has 2 N–H and O–H groups in total. The first-order chi connectivity index (χ1) is 17.3. The summed E-state index contributed by atoms with van der Waals surface area (Å²) in [6.07, 6.45) is 0. The Labute approximate surface area is 214 Å². The van der Waals surface area contributed by atoms with E-state index in [-0.39, 0.29) is 11.8 Å². The third-order valence-electron chi connectivity index (χ3n) is 5.83. The molecular formula is C27H28N4O4S. The first kappa shape index (κ1) is 25.2. The largest absolute Gasteiger partial charge is 0.465 e. The van der Waals surface area contributed by atoms with Gasteiger partial charge < -0.3 is 25.2 Å². The molecule has 9 heteroatoms. The molecule has 0 unspecified atom stereocenters. The lowest BCUT2D eigenvalue weighted by Crippen LogP contribution is -2.33. The fourth-order valence-corrected chi connectivity index (χ4v) is 4.58. The molecule has 3 aromatic rings. The van der Waals surface area contributed by atoms with Crippen LogP contribution in [-0.4, -0.2) is 68.9 Å². The lowest BCUT2D eigenvalue weighted by Gasteiger charge is -2.20. The molecule has 8 nitrogen and oxygen atoms in total. The highest BCUT2D eigenvalue weighted by atomic mass is 32.1. The fourth-order valence-electron chi connectivity index (χ4n) is 3.85. The van der Waals surface area contributed by atoms with Crippen molar-refractivity contribution in [3.05, 3.63) is 81.5 Å². The van der Waals surface area contributed by atoms with E-state index in [9.17, 15) is 14.4 Å². The Balaban J connectivity index is 1.64. The van der Waals surface area contributed by atoms with E-state index in [4.69, 9.17) is 4.74 Å². The van der Waals surface area contributed by atoms with Crippen molar-refractivity contribution in [2.45, 2.75) is 0 Å². The molecule has 0 saturated heterocycles. The number of nitrogens with one attached hydrogen (secondary N) is 2. The molecule has 1 aliphatic heterocycles. The average molecular weight is 505 g/mol. The second-order valence-electron chi connectivity index (χ2n) is 8.67. The van der Waals surface area contributed by atoms with Gasteiger partial charge in [0.15, 0.2) is 0 Å². The lowest BCUT2D eigenvalue weighted by molar-refractivity contribution is -0.110. The summed E-state index contributed by atoms with van der Waals surface area (Å²) >= 11 is 1.51. The molecule has 0 radical (unpaired) electrons. The zero-order chi connectivity index (χ0) is 25.8. The van der Waals surface area contributed by atoms with Gasteiger partial charge in [0.2, 0.25) is 0 Å². The summed E-state index contributed by atoms with van der Waals surface area (Å²) in [6, 6.07) is 16.1. The molecule has 0 spiro atoms. The summed E-state index contributed by atoms with van der Waals surface area (Å²) < 4.78 is 4.80. The lowest BCUT2D eigenvalue weighted by atomic mass is 10.0. The third kappa shape index (κ3) is 5.32. The quantitative estimate of drug-likeness (QED) is 0.355. The van der Waals surface area contributed by atoms with E-state index >= 15 is 0 Å². The average Bonchev–Trinajstić information content (AvgIpc) is 3.52. The smallest absolute Gasteiger partial charge is 0.337 e. The maximum absolute atomic E-state index is 13.1. The minimum atomic E-state index is -0.469. The summed E-state index contributed by atoms with van der Waals surface area (Å²) in [6.45, 7) is 1.41. The van der Waals surface area contributed by atoms with Crippen molar-refractivity contribution < 1.29 is 19.1 Å². The van der Waals surface area contributed by atoms with Gasteiger partial charge in [0.05, 0.1) is 34.5 Å². The molecule has 0 saturated carbocycles. The molecule has 0 aliphatic carbocycles. The molecule has 36 heavy (non-hydrogen) atoms. The van der Waals surface area contributed by atoms with Crippen molar-refractivity contribution in [3.8, 4) is 0 Å². The van der Waals surface area contributed by atoms with Gasteiger partial charge in [0.25, 0.3) is 11.8 Å². The van der Waals surface area contributed by atoms with E-state index in [2.05, 4.69) is 10.6 Å². The molecule has 0 fully saturated rings. The Bertz CT molecular complexity index is 1310. The molecule has 1 aliphatic rings. The Kier molecular flexibility index (Phi) is 7.52. The number of carbonyl (C=O) groups is 3. The van der Waals surface area contributed by atoms with Crippen LogP contribution in [0.4, 0.5) is 11.4 Å². The number of carbonyl (C=O) groups excluding carboxylic acids is 3. The van der Waals surface area contributed by atoms with Gasteiger partial charge in [-0.1, -0.05) is 12.1 Å². The van der Waals surface area contributed by atoms with Crippen LogP contribution in [0, 0.1) is 0 Å². The van der Waals surface area contributed by atoms with Crippen molar-refractivity contribution in [3.63, 3.8) is 0 Å². The normalized spacial score (nSPS) is 13.8. The van der Waals surface area contributed by atoms with E-state index in [0.717, 1.165) is 17.1 Å². The van der Waals surface area contributed by atoms with Crippen LogP contribution in [0.5, 0.6) is 0 Å². The Morgan fingerprint density at radius 3 is 2.36 bits per heavy atom. The predicted octanol–water partition coefficient (Wildman–Crippen LogP) is 4.10. The highest BCUT2D eigenvalue weighted by molar-refractivity contribution is 7.11. The van der Waals surface area contributed by atoms with Gasteiger partial charge in [-0.15, -0.1) is 11.3 Å². The maximum atomic E-state index is 13.1. The number of ether oxygens (including phenoxy) is 1. The van der Waals surface area contributed by atoms with E-state index in [1.165, 1.54) is 18.4 Å². The van der Waals surface area contributed by atoms with Gasteiger partial charge in [-0.05, 0) is 61.9 Å². The predicted molar refractivity (Wildman–Crippen MR) is 143 cm³/mol. The molecule has 0 atom stereocenters. The number of likely N-dealkylation sites (N-methyl/N-ethyl adjacent to an activating group) is 2. The van der Waals surface area contributed by atoms with Crippen molar-refractivity contribution in [2.24, 2.45) is 0 Å². The molecule has 186 valence electrons. The van der Waals surface area contributed by atoms with Crippen molar-refractivity contribution in [1.82, 2.24) is 9.80 Å². The number of esters is 1. The van der Waals surface area contributed by atoms with Crippen molar-refractivity contribution in [1.29, 1.82) is 0 Å². The Morgan fingerprint density at radius 1 is 1.00 bits per heavy atom. The number of anilines is 2. The van der Waals surface area contributed by atoms with Gasteiger partial charge in [-0.3, -0.25) is 9.59 Å². The van der Waals surface area contributed by atoms with Crippen LogP contribution in [0.3, 0.4) is 0 Å². The number of hydrogen-bond acceptors (Lipinski definition) is 7. The number of amides is 2. The molecule has 2 amide bonds. The van der Waals surface area contributed by atoms with Crippen LogP contribution in [0.2, 0.25) is 0 Å². The first-order valence-corrected chi connectivity index (χ1v) is 12.3. The van der Waals surface area contributed by atoms with Crippen LogP contribution in [0.15, 0.2) is 60.0 Å². The minimum absolute atomic E-state index is 0.0502. The van der Waals surface area contributed by atoms with Crippen LogP contribution in [0.25, 0.3) is 11.3 Å². The zero-order valence-electron chi connectivity index (χ0n) is 20.6. The summed E-state index contributed by atoms with van der Waals surface area (Å²) in [5.74, 6) is -0.786. The van der Waals surface area contributed by atoms with Gasteiger partial charge in [0.1, 0.15) is 0 Å². The standard InChI is InChI=1S/C27H28N4O4S/c1-30(2)13-14-31(3)26(33)17-7-10-19(11-8-17)28-24(22-6-5-15-36-22)23-20-12-9-18(27(34)35-4)16-21(20)29-25(23)32/h5-12,15-16,28H,13-14H2,1-4H3,(H,29,32)/b24-23-. The number of nitrogens with zero attached hydrogens (tertiary/aromatic N) is 2. The second-order valence-corrected chi connectivity index (χ2v) is 9.61. The van der Waals surface area contributed by atoms with Gasteiger partial charge in [-0.2, -0.15) is 0 Å². The van der Waals surface area contributed by atoms with E-state index < -0.39 is 5.97 Å². The number of methoxy groups -OCH3 is 1. The van der Waals surface area contributed by atoms with Crippen molar-refractivity contribution >= 4 is 51.8 Å². The molecule has 0 bridgehead atoms. The van der Waals surface area contributed by atoms with E-state index in [1.807, 2.05) is 48.6 Å². The first-order valence-electron chi connectivity index (χ1n) is 11.4. The van der Waals surface area contributed by atoms with E-state index in [1.54, 1.807) is 42.3 Å². The fraction of sp³-hybridized carbons (Fsp3) is 0.222. The van der Waals surface area contributed by atoms with Crippen LogP contribution in [-0.2, 0) is 9.53 Å². The van der Waals surface area contributed by atoms with Crippen LogP contribution >= 0.6 is 11.3 Å². The maximum Gasteiger partial charge on any atom is 0.337 e. The number of benzene rings is 2. The molecule has 1 aromatic heterocycles. The topological polar surface area (TPSA) is 91.0 Å². The van der Waals surface area contributed by atoms with E-state index in [0.29, 0.717) is 40.2 Å². The Hall–Kier alpha value is -3.95. The highest BCUT2D eigenvalue weighted by Gasteiger charge is 2.29. The molecule has 2 aromatic carbocycles. The molecule has 4 rings (SSSR count). The molecular weight excluding hydrogens is 476 g/mol. The summed E-state index contributed by atoms with van der Waals surface area (Å²) in [7, 11) is 7.05. The van der Waals surface area contributed by atoms with Gasteiger partial charge in [0, 0.05) is 37.0 Å². The zero-order valence-corrected chi connectivity index (χ0v) is 21.4. The number of fused-ring (bicyclic) bond motifs is 1. The number of hydrogen-bond donors (Lipinski definition) is 2. The van der Waals surface area contributed by atoms with Crippen LogP contribution in [0.1, 0.15) is 31.2 Å². The molecule has 2 heterocycles. The minimum Gasteiger partial charge on any atom is -0.465 e. The summed E-state index contributed by atoms with van der Waals surface area (Å²) in [4.78, 5) is 42.4. The number of rotatable bonds is 8. The SMILES string of the molecule is COC(=O)c1ccc2c(c1)NC(=O)/C2=C(\Nc1ccc(C(=O)N(C)CCN(C)C)cc1)c1cccs1. The highest BCUT2D eigenvalue weighted by Crippen LogP contribution is 2.39. The number of thiophene rings is 1. The van der Waals surface area contributed by atoms with Crippen LogP contribution < -0.4 is 10.6 Å². The third-order valence-corrected chi connectivity index (χ3v) is 6.72. The van der Waals surface area contributed by atoms with Gasteiger partial charge in [-0.25, -0.2) is 4.79 Å². The second kappa shape index (κ2) is 10.8. The summed E-state index contributed by atoms with van der Waals surface area (Å²) in [5.41, 5.74) is 4.06. The Morgan fingerprint density at radius 2 is 1.72 bits per heavy atom.